The monoisotopic (exact) mass is 623 g/mol. The van der Waals surface area contributed by atoms with Gasteiger partial charge in [0, 0.05) is 34.6 Å². The Morgan fingerprint density at radius 3 is 2.10 bits per heavy atom. The van der Waals surface area contributed by atoms with Gasteiger partial charge in [0.05, 0.1) is 40.7 Å². The van der Waals surface area contributed by atoms with E-state index in [1.165, 1.54) is 44.6 Å². The lowest BCUT2D eigenvalue weighted by atomic mass is 10.2. The van der Waals surface area contributed by atoms with E-state index in [-0.39, 0.29) is 32.8 Å². The molecule has 3 N–H and O–H groups in total. The summed E-state index contributed by atoms with van der Waals surface area (Å²) >= 11 is 12.1. The van der Waals surface area contributed by atoms with Crippen molar-refractivity contribution in [1.29, 1.82) is 0 Å². The number of amides is 1. The maximum Gasteiger partial charge on any atom is 0.263 e. The number of hydrogen-bond donors (Lipinski definition) is 3. The number of benzene rings is 4. The van der Waals surface area contributed by atoms with Crippen LogP contribution in [0.3, 0.4) is 0 Å². The van der Waals surface area contributed by atoms with E-state index < -0.39 is 15.9 Å². The zero-order valence-corrected chi connectivity index (χ0v) is 24.5. The first kappa shape index (κ1) is 28.9. The number of para-hydroxylation sites is 2. The van der Waals surface area contributed by atoms with Gasteiger partial charge in [0.1, 0.15) is 11.5 Å². The summed E-state index contributed by atoms with van der Waals surface area (Å²) in [6.07, 6.45) is 0. The van der Waals surface area contributed by atoms with E-state index >= 15 is 0 Å². The Balaban J connectivity index is 1.47. The third kappa shape index (κ3) is 6.49. The van der Waals surface area contributed by atoms with Crippen molar-refractivity contribution in [3.8, 4) is 11.5 Å². The van der Waals surface area contributed by atoms with E-state index in [2.05, 4.69) is 25.3 Å². The van der Waals surface area contributed by atoms with Gasteiger partial charge in [-0.1, -0.05) is 41.4 Å². The number of rotatable bonds is 9. The molecule has 1 heterocycles. The molecule has 1 aromatic heterocycles. The Bertz CT molecular complexity index is 1900. The van der Waals surface area contributed by atoms with Gasteiger partial charge in [0.2, 0.25) is 0 Å². The van der Waals surface area contributed by atoms with Gasteiger partial charge >= 0.3 is 0 Å². The lowest BCUT2D eigenvalue weighted by Crippen LogP contribution is -2.17. The van der Waals surface area contributed by atoms with Gasteiger partial charge in [-0.25, -0.2) is 18.4 Å². The molecule has 1 amide bonds. The Morgan fingerprint density at radius 1 is 0.762 bits per heavy atom. The van der Waals surface area contributed by atoms with E-state index in [0.717, 1.165) is 0 Å². The number of carbonyl (C=O) groups excluding carboxylic acids is 1. The molecule has 0 unspecified atom stereocenters. The quantitative estimate of drug-likeness (QED) is 0.164. The molecule has 13 heteroatoms. The number of hydrogen-bond acceptors (Lipinski definition) is 8. The summed E-state index contributed by atoms with van der Waals surface area (Å²) in [7, 11) is -1.16. The number of aromatic nitrogens is 2. The van der Waals surface area contributed by atoms with Gasteiger partial charge in [-0.05, 0) is 48.5 Å². The Morgan fingerprint density at radius 2 is 1.43 bits per heavy atom. The molecular weight excluding hydrogens is 601 g/mol. The molecule has 42 heavy (non-hydrogen) atoms. The number of nitrogens with zero attached hydrogens (tertiary/aromatic N) is 2. The summed E-state index contributed by atoms with van der Waals surface area (Å²) in [6, 6.07) is 22.4. The van der Waals surface area contributed by atoms with Gasteiger partial charge in [-0.15, -0.1) is 0 Å². The van der Waals surface area contributed by atoms with Crippen molar-refractivity contribution < 1.29 is 22.7 Å². The highest BCUT2D eigenvalue weighted by Crippen LogP contribution is 2.32. The number of nitrogens with one attached hydrogen (secondary N) is 3. The first-order valence-corrected chi connectivity index (χ1v) is 14.6. The van der Waals surface area contributed by atoms with Crippen molar-refractivity contribution in [1.82, 2.24) is 9.97 Å². The predicted molar refractivity (Wildman–Crippen MR) is 164 cm³/mol. The number of sulfonamides is 1. The van der Waals surface area contributed by atoms with E-state index in [1.54, 1.807) is 54.6 Å². The molecule has 0 fully saturated rings. The van der Waals surface area contributed by atoms with Crippen LogP contribution in [0.25, 0.3) is 11.0 Å². The van der Waals surface area contributed by atoms with Crippen LogP contribution >= 0.6 is 23.2 Å². The lowest BCUT2D eigenvalue weighted by Gasteiger charge is -2.15. The molecule has 4 aromatic carbocycles. The van der Waals surface area contributed by atoms with Crippen LogP contribution in [0.2, 0.25) is 10.0 Å². The Labute approximate surface area is 251 Å². The minimum atomic E-state index is -4.20. The third-order valence-corrected chi connectivity index (χ3v) is 7.89. The lowest BCUT2D eigenvalue weighted by molar-refractivity contribution is 0.102. The van der Waals surface area contributed by atoms with Crippen molar-refractivity contribution in [2.45, 2.75) is 4.90 Å². The number of methoxy groups -OCH3 is 2. The zero-order valence-electron chi connectivity index (χ0n) is 22.2. The molecule has 0 saturated heterocycles. The van der Waals surface area contributed by atoms with Crippen molar-refractivity contribution in [3.05, 3.63) is 101 Å². The highest BCUT2D eigenvalue weighted by molar-refractivity contribution is 7.92. The van der Waals surface area contributed by atoms with Gasteiger partial charge in [-0.3, -0.25) is 9.52 Å². The van der Waals surface area contributed by atoms with Crippen LogP contribution in [0.5, 0.6) is 11.5 Å². The largest absolute Gasteiger partial charge is 0.497 e. The van der Waals surface area contributed by atoms with Gasteiger partial charge in [0.25, 0.3) is 15.9 Å². The molecule has 0 radical (unpaired) electrons. The summed E-state index contributed by atoms with van der Waals surface area (Å²) in [4.78, 5) is 21.8. The Kier molecular flexibility index (Phi) is 8.34. The van der Waals surface area contributed by atoms with Crippen LogP contribution in [0.15, 0.2) is 89.8 Å². The molecule has 0 aliphatic carbocycles. The molecule has 0 spiro atoms. The summed E-state index contributed by atoms with van der Waals surface area (Å²) in [5.41, 5.74) is 1.92. The van der Waals surface area contributed by atoms with Crippen molar-refractivity contribution >= 4 is 73.2 Å². The van der Waals surface area contributed by atoms with Crippen molar-refractivity contribution in [2.24, 2.45) is 0 Å². The summed E-state index contributed by atoms with van der Waals surface area (Å²) in [5, 5.41) is 6.30. The van der Waals surface area contributed by atoms with Gasteiger partial charge in [0.15, 0.2) is 11.6 Å². The predicted octanol–water partition coefficient (Wildman–Crippen LogP) is 6.75. The zero-order chi connectivity index (χ0) is 29.9. The fourth-order valence-electron chi connectivity index (χ4n) is 3.97. The molecule has 0 aliphatic heterocycles. The summed E-state index contributed by atoms with van der Waals surface area (Å²) < 4.78 is 40.3. The van der Waals surface area contributed by atoms with Gasteiger partial charge < -0.3 is 20.1 Å². The normalized spacial score (nSPS) is 11.1. The number of halogens is 2. The maximum atomic E-state index is 13.6. The molecule has 0 atom stereocenters. The van der Waals surface area contributed by atoms with Crippen molar-refractivity contribution in [2.75, 3.05) is 29.6 Å². The fourth-order valence-corrected chi connectivity index (χ4v) is 5.40. The minimum absolute atomic E-state index is 0.0457. The molecule has 0 saturated carbocycles. The molecule has 0 bridgehead atoms. The topological polar surface area (TPSA) is 132 Å². The van der Waals surface area contributed by atoms with Crippen LogP contribution in [0.1, 0.15) is 10.4 Å². The smallest absolute Gasteiger partial charge is 0.263 e. The third-order valence-electron chi connectivity index (χ3n) is 5.99. The van der Waals surface area contributed by atoms with Crippen LogP contribution in [0, 0.1) is 0 Å². The van der Waals surface area contributed by atoms with Crippen molar-refractivity contribution in [3.63, 3.8) is 0 Å². The second kappa shape index (κ2) is 12.1. The second-order valence-corrected chi connectivity index (χ2v) is 11.4. The maximum absolute atomic E-state index is 13.6. The average molecular weight is 625 g/mol. The first-order valence-electron chi connectivity index (χ1n) is 12.3. The van der Waals surface area contributed by atoms with Crippen LogP contribution in [-0.4, -0.2) is 38.5 Å². The molecule has 10 nitrogen and oxygen atoms in total. The van der Waals surface area contributed by atoms with E-state index in [9.17, 15) is 13.2 Å². The molecule has 5 rings (SSSR count). The highest BCUT2D eigenvalue weighted by atomic mass is 35.5. The molecule has 0 aliphatic rings. The number of ether oxygens (including phenoxy) is 2. The standard InChI is InChI=1S/C29H23Cl2N5O5S/c1-40-20-13-19(14-21(16-20)41-2)32-27-28(35-26-9-4-3-8-25(26)34-27)36-42(38,39)22-7-5-6-18(15-22)33-29(37)23-12-17(30)10-11-24(23)31/h3-16H,1-2H3,(H,32,34)(H,33,37)(H,35,36). The molecular formula is C29H23Cl2N5O5S. The van der Waals surface area contributed by atoms with Crippen LogP contribution in [-0.2, 0) is 10.0 Å². The Hall–Kier alpha value is -4.58. The van der Waals surface area contributed by atoms with E-state index in [0.29, 0.717) is 33.2 Å². The number of carbonyl (C=O) groups is 1. The molecule has 214 valence electrons. The first-order chi connectivity index (χ1) is 20.1. The van der Waals surface area contributed by atoms with Gasteiger partial charge in [-0.2, -0.15) is 0 Å². The highest BCUT2D eigenvalue weighted by Gasteiger charge is 2.21. The van der Waals surface area contributed by atoms with Crippen LogP contribution in [0.4, 0.5) is 23.0 Å². The molecule has 5 aromatic rings. The van der Waals surface area contributed by atoms with Crippen LogP contribution < -0.4 is 24.8 Å². The van der Waals surface area contributed by atoms with E-state index in [4.69, 9.17) is 32.7 Å². The average Bonchev–Trinajstić information content (AvgIpc) is 2.98. The fraction of sp³-hybridized carbons (Fsp3) is 0.0690. The number of anilines is 4. The minimum Gasteiger partial charge on any atom is -0.497 e. The summed E-state index contributed by atoms with van der Waals surface area (Å²) in [5.74, 6) is 0.588. The second-order valence-electron chi connectivity index (χ2n) is 8.85. The SMILES string of the molecule is COc1cc(Nc2nc3ccccc3nc2NS(=O)(=O)c2cccc(NC(=O)c3cc(Cl)ccc3Cl)c2)cc(OC)c1. The van der Waals surface area contributed by atoms with E-state index in [1.807, 2.05) is 0 Å². The summed E-state index contributed by atoms with van der Waals surface area (Å²) in [6.45, 7) is 0. The number of fused-ring (bicyclic) bond motifs is 1.